The summed E-state index contributed by atoms with van der Waals surface area (Å²) in [5.74, 6) is -0.0125. The van der Waals surface area contributed by atoms with Crippen LogP contribution in [0.25, 0.3) is 0 Å². The molecule has 1 fully saturated rings. The average Bonchev–Trinajstić information content (AvgIpc) is 2.41. The summed E-state index contributed by atoms with van der Waals surface area (Å²) in [5, 5.41) is 9.67. The maximum Gasteiger partial charge on any atom is 0.244 e. The molecule has 4 nitrogen and oxygen atoms in total. The van der Waals surface area contributed by atoms with Crippen LogP contribution < -0.4 is 0 Å². The molecule has 1 aliphatic rings. The summed E-state index contributed by atoms with van der Waals surface area (Å²) in [6.07, 6.45) is 1.58. The molecule has 1 aliphatic heterocycles. The van der Waals surface area contributed by atoms with E-state index >= 15 is 0 Å². The molecular formula is C12H15Cl2NO3S. The Hall–Kier alpha value is -0.330. The fraction of sp³-hybridized carbons (Fsp3) is 0.500. The third kappa shape index (κ3) is 3.23. The highest BCUT2D eigenvalue weighted by molar-refractivity contribution is 7.89. The van der Waals surface area contributed by atoms with E-state index in [0.29, 0.717) is 18.1 Å². The van der Waals surface area contributed by atoms with E-state index in [1.165, 1.54) is 16.4 Å². The van der Waals surface area contributed by atoms with Crippen molar-refractivity contribution in [2.75, 3.05) is 19.7 Å². The molecule has 7 heteroatoms. The number of rotatable bonds is 3. The van der Waals surface area contributed by atoms with Gasteiger partial charge >= 0.3 is 0 Å². The first-order chi connectivity index (χ1) is 8.95. The van der Waals surface area contributed by atoms with Gasteiger partial charge in [0.2, 0.25) is 10.0 Å². The number of nitrogens with zero attached hydrogens (tertiary/aromatic N) is 1. The van der Waals surface area contributed by atoms with Crippen LogP contribution in [0.5, 0.6) is 0 Å². The Bertz CT molecular complexity index is 562. The van der Waals surface area contributed by atoms with Crippen LogP contribution in [0, 0.1) is 5.92 Å². The predicted octanol–water partition coefficient (Wildman–Crippen LogP) is 2.39. The Labute approximate surface area is 123 Å². The lowest BCUT2D eigenvalue weighted by molar-refractivity contribution is 0.165. The van der Waals surface area contributed by atoms with Crippen LogP contribution in [0.3, 0.4) is 0 Å². The highest BCUT2D eigenvalue weighted by Gasteiger charge is 2.31. The number of hydrogen-bond donors (Lipinski definition) is 1. The number of hydrogen-bond acceptors (Lipinski definition) is 3. The Morgan fingerprint density at radius 1 is 1.37 bits per heavy atom. The molecule has 19 heavy (non-hydrogen) atoms. The summed E-state index contributed by atoms with van der Waals surface area (Å²) in [6.45, 7) is 0.763. The molecule has 0 aromatic heterocycles. The molecule has 0 radical (unpaired) electrons. The van der Waals surface area contributed by atoms with E-state index in [1.807, 2.05) is 0 Å². The molecule has 1 unspecified atom stereocenters. The van der Waals surface area contributed by atoms with Crippen molar-refractivity contribution >= 4 is 33.2 Å². The van der Waals surface area contributed by atoms with Gasteiger partial charge in [0, 0.05) is 24.7 Å². The molecule has 0 aliphatic carbocycles. The average molecular weight is 324 g/mol. The van der Waals surface area contributed by atoms with Gasteiger partial charge in [-0.1, -0.05) is 23.2 Å². The fourth-order valence-electron chi connectivity index (χ4n) is 2.21. The van der Waals surface area contributed by atoms with Gasteiger partial charge in [-0.25, -0.2) is 8.42 Å². The zero-order valence-electron chi connectivity index (χ0n) is 10.2. The van der Waals surface area contributed by atoms with Crippen LogP contribution in [0.2, 0.25) is 10.0 Å². The van der Waals surface area contributed by atoms with Crippen molar-refractivity contribution in [3.05, 3.63) is 28.2 Å². The largest absolute Gasteiger partial charge is 0.396 e. The number of halogens is 2. The molecule has 0 bridgehead atoms. The Morgan fingerprint density at radius 3 is 2.79 bits per heavy atom. The van der Waals surface area contributed by atoms with Crippen molar-refractivity contribution in [1.29, 1.82) is 0 Å². The molecule has 106 valence electrons. The number of piperidine rings is 1. The first kappa shape index (κ1) is 15.1. The van der Waals surface area contributed by atoms with E-state index in [2.05, 4.69) is 0 Å². The zero-order valence-corrected chi connectivity index (χ0v) is 12.5. The van der Waals surface area contributed by atoms with E-state index < -0.39 is 10.0 Å². The van der Waals surface area contributed by atoms with E-state index in [4.69, 9.17) is 23.2 Å². The third-order valence-electron chi connectivity index (χ3n) is 3.25. The normalized spacial score (nSPS) is 21.5. The van der Waals surface area contributed by atoms with E-state index in [9.17, 15) is 13.5 Å². The Balaban J connectivity index is 2.34. The van der Waals surface area contributed by atoms with Gasteiger partial charge in [-0.3, -0.25) is 0 Å². The third-order valence-corrected chi connectivity index (χ3v) is 5.83. The lowest BCUT2D eigenvalue weighted by Crippen LogP contribution is -2.40. The molecule has 2 rings (SSSR count). The standard InChI is InChI=1S/C12H15Cl2NO3S/c13-10-3-4-11(14)12(6-10)19(17,18)15-5-1-2-9(7-15)8-16/h3-4,6,9,16H,1-2,5,7-8H2. The minimum atomic E-state index is -3.65. The Morgan fingerprint density at radius 2 is 2.11 bits per heavy atom. The van der Waals surface area contributed by atoms with Crippen LogP contribution in [-0.4, -0.2) is 37.5 Å². The second kappa shape index (κ2) is 5.97. The SMILES string of the molecule is O=S(=O)(c1cc(Cl)ccc1Cl)N1CCCC(CO)C1. The lowest BCUT2D eigenvalue weighted by Gasteiger charge is -2.31. The number of aliphatic hydroxyl groups excluding tert-OH is 1. The number of sulfonamides is 1. The van der Waals surface area contributed by atoms with Gasteiger partial charge in [0.05, 0.1) is 5.02 Å². The van der Waals surface area contributed by atoms with Crippen molar-refractivity contribution in [3.63, 3.8) is 0 Å². The molecular weight excluding hydrogens is 309 g/mol. The van der Waals surface area contributed by atoms with E-state index in [0.717, 1.165) is 12.8 Å². The van der Waals surface area contributed by atoms with Gasteiger partial charge < -0.3 is 5.11 Å². The van der Waals surface area contributed by atoms with Crippen LogP contribution in [0.15, 0.2) is 23.1 Å². The fourth-order valence-corrected chi connectivity index (χ4v) is 4.50. The van der Waals surface area contributed by atoms with Gasteiger partial charge in [-0.2, -0.15) is 4.31 Å². The topological polar surface area (TPSA) is 57.6 Å². The first-order valence-corrected chi connectivity index (χ1v) is 8.21. The smallest absolute Gasteiger partial charge is 0.244 e. The van der Waals surface area contributed by atoms with Crippen molar-refractivity contribution < 1.29 is 13.5 Å². The van der Waals surface area contributed by atoms with Crippen molar-refractivity contribution in [1.82, 2.24) is 4.31 Å². The van der Waals surface area contributed by atoms with Gasteiger partial charge in [-0.15, -0.1) is 0 Å². The van der Waals surface area contributed by atoms with Crippen LogP contribution in [-0.2, 0) is 10.0 Å². The van der Waals surface area contributed by atoms with Crippen molar-refractivity contribution in [3.8, 4) is 0 Å². The molecule has 0 amide bonds. The summed E-state index contributed by atoms with van der Waals surface area (Å²) >= 11 is 11.8. The molecule has 1 N–H and O–H groups in total. The molecule has 1 heterocycles. The maximum atomic E-state index is 12.5. The van der Waals surface area contributed by atoms with Gasteiger partial charge in [0.15, 0.2) is 0 Å². The van der Waals surface area contributed by atoms with Crippen LogP contribution in [0.1, 0.15) is 12.8 Å². The molecule has 0 saturated carbocycles. The summed E-state index contributed by atoms with van der Waals surface area (Å²) in [4.78, 5) is 0.0280. The Kier molecular flexibility index (Phi) is 4.74. The minimum Gasteiger partial charge on any atom is -0.396 e. The highest BCUT2D eigenvalue weighted by atomic mass is 35.5. The van der Waals surface area contributed by atoms with E-state index in [1.54, 1.807) is 6.07 Å². The van der Waals surface area contributed by atoms with Crippen LogP contribution >= 0.6 is 23.2 Å². The molecule has 1 aromatic carbocycles. The van der Waals surface area contributed by atoms with Crippen molar-refractivity contribution in [2.24, 2.45) is 5.92 Å². The first-order valence-electron chi connectivity index (χ1n) is 6.01. The van der Waals surface area contributed by atoms with Gasteiger partial charge in [0.1, 0.15) is 4.90 Å². The van der Waals surface area contributed by atoms with Gasteiger partial charge in [0.25, 0.3) is 0 Å². The van der Waals surface area contributed by atoms with E-state index in [-0.39, 0.29) is 22.4 Å². The summed E-state index contributed by atoms with van der Waals surface area (Å²) in [7, 11) is -3.65. The maximum absolute atomic E-state index is 12.5. The van der Waals surface area contributed by atoms with Crippen molar-refractivity contribution in [2.45, 2.75) is 17.7 Å². The molecule has 1 saturated heterocycles. The number of benzene rings is 1. The molecule has 0 spiro atoms. The monoisotopic (exact) mass is 323 g/mol. The molecule has 1 aromatic rings. The second-order valence-corrected chi connectivity index (χ2v) is 7.38. The predicted molar refractivity (Wildman–Crippen MR) is 75.0 cm³/mol. The number of aliphatic hydroxyl groups is 1. The highest BCUT2D eigenvalue weighted by Crippen LogP contribution is 2.30. The van der Waals surface area contributed by atoms with Crippen LogP contribution in [0.4, 0.5) is 0 Å². The minimum absolute atomic E-state index is 0.00466. The zero-order chi connectivity index (χ0) is 14.0. The quantitative estimate of drug-likeness (QED) is 0.929. The summed E-state index contributed by atoms with van der Waals surface area (Å²) in [6, 6.07) is 4.39. The summed E-state index contributed by atoms with van der Waals surface area (Å²) < 4.78 is 26.4. The molecule has 1 atom stereocenters. The summed E-state index contributed by atoms with van der Waals surface area (Å²) in [5.41, 5.74) is 0. The lowest BCUT2D eigenvalue weighted by atomic mass is 10.0. The second-order valence-electron chi connectivity index (χ2n) is 4.63. The van der Waals surface area contributed by atoms with Gasteiger partial charge in [-0.05, 0) is 37.0 Å².